The van der Waals surface area contributed by atoms with Crippen molar-refractivity contribution < 1.29 is 13.2 Å². The van der Waals surface area contributed by atoms with E-state index >= 15 is 0 Å². The fraction of sp³-hybridized carbons (Fsp3) is 0.350. The molecule has 30 heavy (non-hydrogen) atoms. The molecule has 4 rings (SSSR count). The van der Waals surface area contributed by atoms with Crippen LogP contribution in [0.25, 0.3) is 11.0 Å². The summed E-state index contributed by atoms with van der Waals surface area (Å²) in [5.41, 5.74) is 2.83. The van der Waals surface area contributed by atoms with Crippen LogP contribution in [0.15, 0.2) is 47.4 Å². The molecule has 10 heteroatoms. The van der Waals surface area contributed by atoms with Gasteiger partial charge in [0, 0.05) is 31.9 Å². The van der Waals surface area contributed by atoms with Gasteiger partial charge in [-0.3, -0.25) is 9.69 Å². The van der Waals surface area contributed by atoms with Gasteiger partial charge in [0.25, 0.3) is 0 Å². The Morgan fingerprint density at radius 1 is 1.10 bits per heavy atom. The SMILES string of the molecule is Cc1cccc(NC(=O)[C@@H](C)N2CCN(S(=O)(=O)c3cccc4nsnc34)CC2)c1. The van der Waals surface area contributed by atoms with Crippen LogP contribution in [0.1, 0.15) is 12.5 Å². The molecule has 1 amide bonds. The molecule has 0 unspecified atom stereocenters. The zero-order valence-corrected chi connectivity index (χ0v) is 18.4. The van der Waals surface area contributed by atoms with Crippen LogP contribution in [0.2, 0.25) is 0 Å². The smallest absolute Gasteiger partial charge is 0.245 e. The second-order valence-electron chi connectivity index (χ2n) is 7.36. The Labute approximate surface area is 179 Å². The molecular weight excluding hydrogens is 422 g/mol. The Morgan fingerprint density at radius 2 is 1.83 bits per heavy atom. The topological polar surface area (TPSA) is 95.5 Å². The number of rotatable bonds is 5. The third-order valence-electron chi connectivity index (χ3n) is 5.35. The molecular formula is C20H23N5O3S2. The Balaban J connectivity index is 1.42. The fourth-order valence-electron chi connectivity index (χ4n) is 3.60. The van der Waals surface area contributed by atoms with Crippen molar-refractivity contribution >= 4 is 44.4 Å². The standard InChI is InChI=1S/C20H23N5O3S2/c1-14-5-3-6-16(13-14)21-20(26)15(2)24-9-11-25(12-10-24)30(27,28)18-8-4-7-17-19(18)23-29-22-17/h3-8,13,15H,9-12H2,1-2H3,(H,21,26)/t15-/m1/s1. The van der Waals surface area contributed by atoms with E-state index in [1.165, 1.54) is 4.31 Å². The number of sulfonamides is 1. The molecule has 0 saturated carbocycles. The van der Waals surface area contributed by atoms with E-state index < -0.39 is 10.0 Å². The molecule has 158 valence electrons. The lowest BCUT2D eigenvalue weighted by molar-refractivity contribution is -0.121. The lowest BCUT2D eigenvalue weighted by Gasteiger charge is -2.36. The molecule has 1 aromatic heterocycles. The average Bonchev–Trinajstić information content (AvgIpc) is 3.22. The number of carbonyl (C=O) groups excluding carboxylic acids is 1. The third kappa shape index (κ3) is 4.08. The zero-order valence-electron chi connectivity index (χ0n) is 16.8. The molecule has 3 aromatic rings. The monoisotopic (exact) mass is 445 g/mol. The number of nitrogens with zero attached hydrogens (tertiary/aromatic N) is 4. The number of fused-ring (bicyclic) bond motifs is 1. The number of amides is 1. The molecule has 0 spiro atoms. The highest BCUT2D eigenvalue weighted by Crippen LogP contribution is 2.25. The van der Waals surface area contributed by atoms with Crippen molar-refractivity contribution in [3.63, 3.8) is 0 Å². The van der Waals surface area contributed by atoms with E-state index in [1.807, 2.05) is 43.0 Å². The number of aromatic nitrogens is 2. The molecule has 1 aliphatic heterocycles. The van der Waals surface area contributed by atoms with Crippen molar-refractivity contribution in [2.45, 2.75) is 24.8 Å². The highest BCUT2D eigenvalue weighted by Gasteiger charge is 2.33. The number of hydrogen-bond donors (Lipinski definition) is 1. The normalized spacial score (nSPS) is 17.1. The number of hydrogen-bond acceptors (Lipinski definition) is 7. The van der Waals surface area contributed by atoms with E-state index in [4.69, 9.17) is 0 Å². The van der Waals surface area contributed by atoms with Crippen LogP contribution < -0.4 is 5.32 Å². The lowest BCUT2D eigenvalue weighted by atomic mass is 10.2. The van der Waals surface area contributed by atoms with Crippen molar-refractivity contribution in [3.05, 3.63) is 48.0 Å². The summed E-state index contributed by atoms with van der Waals surface area (Å²) < 4.78 is 36.0. The van der Waals surface area contributed by atoms with Crippen LogP contribution in [0.5, 0.6) is 0 Å². The zero-order chi connectivity index (χ0) is 21.3. The molecule has 1 aliphatic rings. The van der Waals surface area contributed by atoms with E-state index in [9.17, 15) is 13.2 Å². The summed E-state index contributed by atoms with van der Waals surface area (Å²) in [7, 11) is -3.67. The number of benzene rings is 2. The summed E-state index contributed by atoms with van der Waals surface area (Å²) in [5, 5.41) is 2.94. The van der Waals surface area contributed by atoms with Crippen molar-refractivity contribution in [1.82, 2.24) is 18.0 Å². The molecule has 0 bridgehead atoms. The predicted octanol–water partition coefficient (Wildman–Crippen LogP) is 2.33. The second-order valence-corrected chi connectivity index (χ2v) is 9.80. The van der Waals surface area contributed by atoms with Gasteiger partial charge in [0.05, 0.1) is 17.8 Å². The van der Waals surface area contributed by atoms with Crippen LogP contribution in [0.3, 0.4) is 0 Å². The van der Waals surface area contributed by atoms with Gasteiger partial charge in [-0.05, 0) is 43.7 Å². The summed E-state index contributed by atoms with van der Waals surface area (Å²) in [6.45, 7) is 5.41. The molecule has 1 atom stereocenters. The fourth-order valence-corrected chi connectivity index (χ4v) is 5.77. The molecule has 0 radical (unpaired) electrons. The maximum Gasteiger partial charge on any atom is 0.245 e. The highest BCUT2D eigenvalue weighted by molar-refractivity contribution is 7.89. The van der Waals surface area contributed by atoms with E-state index in [0.717, 1.165) is 23.0 Å². The molecule has 0 aliphatic carbocycles. The van der Waals surface area contributed by atoms with Gasteiger partial charge in [-0.1, -0.05) is 18.2 Å². The minimum atomic E-state index is -3.67. The first-order chi connectivity index (χ1) is 14.4. The quantitative estimate of drug-likeness (QED) is 0.648. The maximum absolute atomic E-state index is 13.1. The summed E-state index contributed by atoms with van der Waals surface area (Å²) >= 11 is 1.00. The van der Waals surface area contributed by atoms with Crippen LogP contribution in [-0.2, 0) is 14.8 Å². The Morgan fingerprint density at radius 3 is 2.57 bits per heavy atom. The Hall–Kier alpha value is -2.40. The molecule has 1 N–H and O–H groups in total. The largest absolute Gasteiger partial charge is 0.325 e. The van der Waals surface area contributed by atoms with E-state index in [1.54, 1.807) is 18.2 Å². The van der Waals surface area contributed by atoms with Crippen LogP contribution >= 0.6 is 11.7 Å². The Bertz CT molecular complexity index is 1170. The lowest BCUT2D eigenvalue weighted by Crippen LogP contribution is -2.53. The van der Waals surface area contributed by atoms with Crippen LogP contribution in [0.4, 0.5) is 5.69 Å². The minimum absolute atomic E-state index is 0.102. The Kier molecular flexibility index (Phi) is 5.83. The summed E-state index contributed by atoms with van der Waals surface area (Å²) in [5.74, 6) is -0.102. The van der Waals surface area contributed by atoms with Gasteiger partial charge in [0.2, 0.25) is 15.9 Å². The van der Waals surface area contributed by atoms with Gasteiger partial charge in [0.15, 0.2) is 0 Å². The van der Waals surface area contributed by atoms with Gasteiger partial charge in [0.1, 0.15) is 15.9 Å². The summed E-state index contributed by atoms with van der Waals surface area (Å²) in [6.07, 6.45) is 0. The van der Waals surface area contributed by atoms with Crippen LogP contribution in [0, 0.1) is 6.92 Å². The highest BCUT2D eigenvalue weighted by atomic mass is 32.2. The summed E-state index contributed by atoms with van der Waals surface area (Å²) in [6, 6.07) is 12.3. The molecule has 8 nitrogen and oxygen atoms in total. The first kappa shape index (κ1) is 20.9. The van der Waals surface area contributed by atoms with E-state index in [-0.39, 0.29) is 16.8 Å². The summed E-state index contributed by atoms with van der Waals surface area (Å²) in [4.78, 5) is 14.8. The molecule has 2 heterocycles. The van der Waals surface area contributed by atoms with Crippen molar-refractivity contribution in [2.24, 2.45) is 0 Å². The van der Waals surface area contributed by atoms with Gasteiger partial charge in [-0.2, -0.15) is 13.1 Å². The number of carbonyl (C=O) groups is 1. The van der Waals surface area contributed by atoms with Crippen molar-refractivity contribution in [3.8, 4) is 0 Å². The first-order valence-electron chi connectivity index (χ1n) is 9.69. The molecule has 1 fully saturated rings. The van der Waals surface area contributed by atoms with E-state index in [0.29, 0.717) is 37.2 Å². The minimum Gasteiger partial charge on any atom is -0.325 e. The van der Waals surface area contributed by atoms with Gasteiger partial charge in [-0.25, -0.2) is 8.42 Å². The molecule has 2 aromatic carbocycles. The third-order valence-corrected chi connectivity index (χ3v) is 7.83. The van der Waals surface area contributed by atoms with Crippen molar-refractivity contribution in [1.29, 1.82) is 0 Å². The first-order valence-corrected chi connectivity index (χ1v) is 11.9. The van der Waals surface area contributed by atoms with Crippen molar-refractivity contribution in [2.75, 3.05) is 31.5 Å². The second kappa shape index (κ2) is 8.38. The van der Waals surface area contributed by atoms with E-state index in [2.05, 4.69) is 14.1 Å². The number of nitrogens with one attached hydrogen (secondary N) is 1. The number of aryl methyl sites for hydroxylation is 1. The van der Waals surface area contributed by atoms with Gasteiger partial charge < -0.3 is 5.32 Å². The average molecular weight is 446 g/mol. The van der Waals surface area contributed by atoms with Crippen LogP contribution in [-0.4, -0.2) is 64.5 Å². The maximum atomic E-state index is 13.1. The number of anilines is 1. The molecule has 1 saturated heterocycles. The number of piperazine rings is 1. The van der Waals surface area contributed by atoms with Gasteiger partial charge in [-0.15, -0.1) is 0 Å². The van der Waals surface area contributed by atoms with Gasteiger partial charge >= 0.3 is 0 Å². The predicted molar refractivity (Wildman–Crippen MR) is 117 cm³/mol.